The van der Waals surface area contributed by atoms with Gasteiger partial charge in [0.25, 0.3) is 5.56 Å². The van der Waals surface area contributed by atoms with E-state index in [1.807, 2.05) is 0 Å². The molecule has 0 atom stereocenters. The van der Waals surface area contributed by atoms with Crippen molar-refractivity contribution in [3.8, 4) is 6.07 Å². The van der Waals surface area contributed by atoms with Gasteiger partial charge in [-0.2, -0.15) is 9.57 Å². The smallest absolute Gasteiger partial charge is 0.251 e. The summed E-state index contributed by atoms with van der Waals surface area (Å²) in [5.74, 6) is -0.471. The largest absolute Gasteiger partial charge is 0.325 e. The molecule has 1 aromatic heterocycles. The molecule has 30 heavy (non-hydrogen) atoms. The second-order valence-electron chi connectivity index (χ2n) is 7.28. The molecule has 0 spiro atoms. The van der Waals surface area contributed by atoms with Crippen LogP contribution in [0.5, 0.6) is 0 Å². The molecule has 0 aliphatic carbocycles. The third-order valence-corrected chi connectivity index (χ3v) is 6.82. The Hall–Kier alpha value is -2.96. The number of carbonyl (C=O) groups is 1. The number of hydrogen-bond donors (Lipinski definition) is 1. The van der Waals surface area contributed by atoms with E-state index in [0.717, 1.165) is 16.2 Å². The molecule has 0 aliphatic rings. The van der Waals surface area contributed by atoms with E-state index in [0.29, 0.717) is 18.8 Å². The Bertz CT molecular complexity index is 1110. The molecule has 0 saturated heterocycles. The Morgan fingerprint density at radius 2 is 1.73 bits per heavy atom. The van der Waals surface area contributed by atoms with Crippen LogP contribution in [0, 0.1) is 11.3 Å². The van der Waals surface area contributed by atoms with Crippen LogP contribution in [0.3, 0.4) is 0 Å². The second-order valence-corrected chi connectivity index (χ2v) is 9.22. The quantitative estimate of drug-likeness (QED) is 0.691. The van der Waals surface area contributed by atoms with Crippen molar-refractivity contribution in [1.82, 2.24) is 8.87 Å². The summed E-state index contributed by atoms with van der Waals surface area (Å²) in [6.45, 7) is 7.33. The Morgan fingerprint density at radius 3 is 2.27 bits per heavy atom. The molecule has 2 rings (SSSR count). The van der Waals surface area contributed by atoms with Gasteiger partial charge in [-0.15, -0.1) is 0 Å². The number of nitriles is 1. The minimum Gasteiger partial charge on any atom is -0.325 e. The number of sulfonamides is 1. The van der Waals surface area contributed by atoms with E-state index in [-0.39, 0.29) is 11.4 Å². The fourth-order valence-electron chi connectivity index (χ4n) is 2.89. The number of pyridine rings is 1. The van der Waals surface area contributed by atoms with Crippen LogP contribution in [-0.4, -0.2) is 36.3 Å². The molecule has 0 bridgehead atoms. The predicted octanol–water partition coefficient (Wildman–Crippen LogP) is 2.32. The van der Waals surface area contributed by atoms with Gasteiger partial charge < -0.3 is 9.88 Å². The fourth-order valence-corrected chi connectivity index (χ4v) is 4.37. The number of nitrogens with zero attached hydrogens (tertiary/aromatic N) is 3. The average Bonchev–Trinajstić information content (AvgIpc) is 2.70. The molecule has 9 heteroatoms. The average molecular weight is 431 g/mol. The van der Waals surface area contributed by atoms with Crippen molar-refractivity contribution in [2.45, 2.75) is 44.6 Å². The fraction of sp³-hybridized carbons (Fsp3) is 0.381. The molecular weight excluding hydrogens is 404 g/mol. The molecule has 160 valence electrons. The lowest BCUT2D eigenvalue weighted by atomic mass is 9.86. The first kappa shape index (κ1) is 23.3. The summed E-state index contributed by atoms with van der Waals surface area (Å²) in [6, 6.07) is 11.5. The summed E-state index contributed by atoms with van der Waals surface area (Å²) in [5, 5.41) is 11.9. The van der Waals surface area contributed by atoms with Gasteiger partial charge in [0.1, 0.15) is 6.54 Å². The van der Waals surface area contributed by atoms with E-state index >= 15 is 0 Å². The number of carbonyl (C=O) groups excluding carboxylic acids is 1. The summed E-state index contributed by atoms with van der Waals surface area (Å²) in [7, 11) is -3.74. The SMILES string of the molecule is CCN(CC)S(=O)(=O)c1ccc(=O)n(CC(=O)Nc2ccc(C(C)(C)C#N)cc2)c1. The highest BCUT2D eigenvalue weighted by molar-refractivity contribution is 7.89. The van der Waals surface area contributed by atoms with Crippen molar-refractivity contribution in [1.29, 1.82) is 5.26 Å². The minimum absolute atomic E-state index is 0.0401. The molecule has 0 saturated carbocycles. The number of benzene rings is 1. The zero-order valence-electron chi connectivity index (χ0n) is 17.5. The normalized spacial score (nSPS) is 11.9. The van der Waals surface area contributed by atoms with E-state index in [2.05, 4.69) is 11.4 Å². The number of aromatic nitrogens is 1. The third kappa shape index (κ3) is 5.14. The van der Waals surface area contributed by atoms with Crippen LogP contribution >= 0.6 is 0 Å². The van der Waals surface area contributed by atoms with Gasteiger partial charge in [0, 0.05) is 31.0 Å². The monoisotopic (exact) mass is 430 g/mol. The van der Waals surface area contributed by atoms with E-state index in [1.165, 1.54) is 16.6 Å². The van der Waals surface area contributed by atoms with Gasteiger partial charge in [0.05, 0.1) is 16.4 Å². The van der Waals surface area contributed by atoms with Crippen LogP contribution in [0.4, 0.5) is 5.69 Å². The van der Waals surface area contributed by atoms with Crippen molar-refractivity contribution in [3.63, 3.8) is 0 Å². The third-order valence-electron chi connectivity index (χ3n) is 4.78. The van der Waals surface area contributed by atoms with Gasteiger partial charge in [-0.1, -0.05) is 26.0 Å². The van der Waals surface area contributed by atoms with Crippen molar-refractivity contribution in [3.05, 3.63) is 58.5 Å². The summed E-state index contributed by atoms with van der Waals surface area (Å²) >= 11 is 0. The lowest BCUT2D eigenvalue weighted by Crippen LogP contribution is -2.33. The molecule has 0 aliphatic heterocycles. The number of anilines is 1. The first-order chi connectivity index (χ1) is 14.0. The highest BCUT2D eigenvalue weighted by atomic mass is 32.2. The summed E-state index contributed by atoms with van der Waals surface area (Å²) in [6.07, 6.45) is 1.19. The van der Waals surface area contributed by atoms with Crippen LogP contribution in [0.25, 0.3) is 0 Å². The topological polar surface area (TPSA) is 112 Å². The van der Waals surface area contributed by atoms with Gasteiger partial charge in [0.15, 0.2) is 0 Å². The maximum Gasteiger partial charge on any atom is 0.251 e. The Labute approximate surface area is 176 Å². The predicted molar refractivity (Wildman–Crippen MR) is 115 cm³/mol. The first-order valence-electron chi connectivity index (χ1n) is 9.57. The maximum atomic E-state index is 12.7. The van der Waals surface area contributed by atoms with Crippen molar-refractivity contribution in [2.75, 3.05) is 18.4 Å². The van der Waals surface area contributed by atoms with Gasteiger partial charge in [-0.05, 0) is 37.6 Å². The Morgan fingerprint density at radius 1 is 1.13 bits per heavy atom. The number of amides is 1. The molecule has 0 radical (unpaired) electrons. The lowest BCUT2D eigenvalue weighted by molar-refractivity contribution is -0.116. The molecule has 1 N–H and O–H groups in total. The molecular formula is C21H26N4O4S. The molecule has 1 aromatic carbocycles. The summed E-state index contributed by atoms with van der Waals surface area (Å²) in [5.41, 5.74) is 0.202. The van der Waals surface area contributed by atoms with Crippen LogP contribution in [0.2, 0.25) is 0 Å². The molecule has 0 fully saturated rings. The number of nitrogens with one attached hydrogen (secondary N) is 1. The zero-order chi connectivity index (χ0) is 22.5. The Kier molecular flexibility index (Phi) is 7.18. The molecule has 0 unspecified atom stereocenters. The van der Waals surface area contributed by atoms with Crippen molar-refractivity contribution in [2.24, 2.45) is 0 Å². The van der Waals surface area contributed by atoms with E-state index in [9.17, 15) is 23.3 Å². The number of rotatable bonds is 8. The second kappa shape index (κ2) is 9.24. The highest BCUT2D eigenvalue weighted by Gasteiger charge is 2.23. The van der Waals surface area contributed by atoms with E-state index in [1.54, 1.807) is 52.0 Å². The summed E-state index contributed by atoms with van der Waals surface area (Å²) < 4.78 is 27.7. The molecule has 1 amide bonds. The standard InChI is InChI=1S/C21H26N4O4S/c1-5-25(6-2)30(28,29)18-11-12-20(27)24(13-18)14-19(26)23-17-9-7-16(8-10-17)21(3,4)15-22/h7-13H,5-6,14H2,1-4H3,(H,23,26). The van der Waals surface area contributed by atoms with Crippen LogP contribution < -0.4 is 10.9 Å². The van der Waals surface area contributed by atoms with Crippen LogP contribution in [-0.2, 0) is 26.8 Å². The minimum atomic E-state index is -3.74. The van der Waals surface area contributed by atoms with Gasteiger partial charge >= 0.3 is 0 Å². The van der Waals surface area contributed by atoms with Gasteiger partial charge in [-0.25, -0.2) is 8.42 Å². The highest BCUT2D eigenvalue weighted by Crippen LogP contribution is 2.23. The van der Waals surface area contributed by atoms with E-state index in [4.69, 9.17) is 0 Å². The van der Waals surface area contributed by atoms with Gasteiger partial charge in [0.2, 0.25) is 15.9 Å². The van der Waals surface area contributed by atoms with Crippen LogP contribution in [0.1, 0.15) is 33.3 Å². The van der Waals surface area contributed by atoms with Crippen molar-refractivity contribution >= 4 is 21.6 Å². The van der Waals surface area contributed by atoms with Crippen molar-refractivity contribution < 1.29 is 13.2 Å². The maximum absolute atomic E-state index is 12.7. The summed E-state index contributed by atoms with van der Waals surface area (Å²) in [4.78, 5) is 24.5. The van der Waals surface area contributed by atoms with E-state index < -0.39 is 26.9 Å². The molecule has 1 heterocycles. The van der Waals surface area contributed by atoms with Gasteiger partial charge in [-0.3, -0.25) is 9.59 Å². The number of hydrogen-bond acceptors (Lipinski definition) is 5. The van der Waals surface area contributed by atoms with Crippen LogP contribution in [0.15, 0.2) is 52.3 Å². The first-order valence-corrected chi connectivity index (χ1v) is 11.0. The zero-order valence-corrected chi connectivity index (χ0v) is 18.4. The molecule has 8 nitrogen and oxygen atoms in total. The Balaban J connectivity index is 2.20. The lowest BCUT2D eigenvalue weighted by Gasteiger charge is -2.19. The molecule has 2 aromatic rings.